The van der Waals surface area contributed by atoms with Gasteiger partial charge in [0.1, 0.15) is 0 Å². The number of carbonyl (C=O) groups is 1. The number of thioether (sulfide) groups is 1. The zero-order valence-electron chi connectivity index (χ0n) is 12.5. The Balaban J connectivity index is 1.54. The van der Waals surface area contributed by atoms with Crippen LogP contribution in [0, 0.1) is 0 Å². The fourth-order valence-electron chi connectivity index (χ4n) is 1.96. The largest absolute Gasteiger partial charge is 0.351 e. The SMILES string of the molecule is C[C@@H](Sc1n[nH]c(-c2cccs2)n1)C(=O)NCc1ccccc1. The van der Waals surface area contributed by atoms with E-state index in [1.54, 1.807) is 11.3 Å². The predicted octanol–water partition coefficient (Wildman–Crippen LogP) is 3.33. The molecule has 0 unspecified atom stereocenters. The maximum absolute atomic E-state index is 12.2. The van der Waals surface area contributed by atoms with E-state index in [-0.39, 0.29) is 11.2 Å². The third kappa shape index (κ3) is 4.20. The molecule has 1 atom stereocenters. The number of hydrogen-bond acceptors (Lipinski definition) is 5. The second-order valence-corrected chi connectivity index (χ2v) is 7.16. The lowest BCUT2D eigenvalue weighted by Gasteiger charge is -2.10. The average molecular weight is 344 g/mol. The number of aromatic amines is 1. The Morgan fingerprint density at radius 3 is 2.87 bits per heavy atom. The van der Waals surface area contributed by atoms with Gasteiger partial charge in [-0.3, -0.25) is 9.89 Å². The Morgan fingerprint density at radius 2 is 2.13 bits per heavy atom. The molecular weight excluding hydrogens is 328 g/mol. The van der Waals surface area contributed by atoms with Gasteiger partial charge in [-0.2, -0.15) is 0 Å². The molecule has 0 bridgehead atoms. The minimum Gasteiger partial charge on any atom is -0.351 e. The number of rotatable bonds is 6. The van der Waals surface area contributed by atoms with Crippen LogP contribution in [0.5, 0.6) is 0 Å². The van der Waals surface area contributed by atoms with Crippen LogP contribution in [-0.4, -0.2) is 26.3 Å². The van der Waals surface area contributed by atoms with Crippen LogP contribution in [0.4, 0.5) is 0 Å². The molecule has 0 spiro atoms. The monoisotopic (exact) mass is 344 g/mol. The van der Waals surface area contributed by atoms with Crippen molar-refractivity contribution in [2.75, 3.05) is 0 Å². The fourth-order valence-corrected chi connectivity index (χ4v) is 3.38. The van der Waals surface area contributed by atoms with Crippen molar-refractivity contribution >= 4 is 29.0 Å². The normalized spacial score (nSPS) is 12.0. The van der Waals surface area contributed by atoms with Crippen LogP contribution in [0.2, 0.25) is 0 Å². The number of H-pyrrole nitrogens is 1. The van der Waals surface area contributed by atoms with E-state index in [2.05, 4.69) is 20.5 Å². The van der Waals surface area contributed by atoms with Gasteiger partial charge in [0.15, 0.2) is 5.82 Å². The van der Waals surface area contributed by atoms with Crippen LogP contribution in [-0.2, 0) is 11.3 Å². The second-order valence-electron chi connectivity index (χ2n) is 4.91. The Hall–Kier alpha value is -2.12. The van der Waals surface area contributed by atoms with E-state index in [9.17, 15) is 4.79 Å². The Bertz CT molecular complexity index is 756. The number of aromatic nitrogens is 3. The van der Waals surface area contributed by atoms with Gasteiger partial charge in [-0.25, -0.2) is 4.98 Å². The van der Waals surface area contributed by atoms with Crippen molar-refractivity contribution in [1.82, 2.24) is 20.5 Å². The molecule has 118 valence electrons. The van der Waals surface area contributed by atoms with E-state index in [4.69, 9.17) is 0 Å². The number of nitrogens with one attached hydrogen (secondary N) is 2. The molecule has 0 aliphatic rings. The number of nitrogens with zero attached hydrogens (tertiary/aromatic N) is 2. The molecule has 5 nitrogen and oxygen atoms in total. The number of benzene rings is 1. The molecule has 0 saturated heterocycles. The van der Waals surface area contributed by atoms with E-state index in [1.807, 2.05) is 54.8 Å². The first-order chi connectivity index (χ1) is 11.2. The quantitative estimate of drug-likeness (QED) is 0.673. The van der Waals surface area contributed by atoms with Crippen LogP contribution in [0.1, 0.15) is 12.5 Å². The minimum absolute atomic E-state index is 0.0265. The smallest absolute Gasteiger partial charge is 0.233 e. The van der Waals surface area contributed by atoms with Crippen molar-refractivity contribution in [3.63, 3.8) is 0 Å². The molecule has 1 aromatic carbocycles. The van der Waals surface area contributed by atoms with Gasteiger partial charge in [0.2, 0.25) is 11.1 Å². The van der Waals surface area contributed by atoms with Crippen LogP contribution < -0.4 is 5.32 Å². The molecule has 3 rings (SSSR count). The van der Waals surface area contributed by atoms with Gasteiger partial charge in [-0.05, 0) is 23.9 Å². The highest BCUT2D eigenvalue weighted by Gasteiger charge is 2.17. The van der Waals surface area contributed by atoms with E-state index in [1.165, 1.54) is 11.8 Å². The van der Waals surface area contributed by atoms with Crippen LogP contribution in [0.25, 0.3) is 10.7 Å². The highest BCUT2D eigenvalue weighted by atomic mass is 32.2. The molecule has 3 aromatic rings. The van der Waals surface area contributed by atoms with Gasteiger partial charge in [0.25, 0.3) is 0 Å². The first-order valence-electron chi connectivity index (χ1n) is 7.17. The van der Waals surface area contributed by atoms with Gasteiger partial charge < -0.3 is 5.32 Å². The summed E-state index contributed by atoms with van der Waals surface area (Å²) in [7, 11) is 0. The summed E-state index contributed by atoms with van der Waals surface area (Å²) in [5.74, 6) is 0.709. The van der Waals surface area contributed by atoms with E-state index >= 15 is 0 Å². The zero-order valence-corrected chi connectivity index (χ0v) is 14.2. The topological polar surface area (TPSA) is 70.7 Å². The van der Waals surface area contributed by atoms with Crippen LogP contribution in [0.3, 0.4) is 0 Å². The maximum atomic E-state index is 12.2. The Morgan fingerprint density at radius 1 is 1.30 bits per heavy atom. The highest BCUT2D eigenvalue weighted by Crippen LogP contribution is 2.25. The summed E-state index contributed by atoms with van der Waals surface area (Å²) in [6.45, 7) is 2.38. The first kappa shape index (κ1) is 15.8. The van der Waals surface area contributed by atoms with Gasteiger partial charge in [-0.1, -0.05) is 48.2 Å². The number of hydrogen-bond donors (Lipinski definition) is 2. The molecule has 0 saturated carbocycles. The van der Waals surface area contributed by atoms with Crippen molar-refractivity contribution < 1.29 is 4.79 Å². The molecule has 2 heterocycles. The lowest BCUT2D eigenvalue weighted by molar-refractivity contribution is -0.120. The summed E-state index contributed by atoms with van der Waals surface area (Å²) >= 11 is 2.94. The van der Waals surface area contributed by atoms with Crippen LogP contribution in [0.15, 0.2) is 53.0 Å². The van der Waals surface area contributed by atoms with E-state index in [0.29, 0.717) is 11.7 Å². The minimum atomic E-state index is -0.259. The third-order valence-corrected chi connectivity index (χ3v) is 5.02. The zero-order chi connectivity index (χ0) is 16.1. The summed E-state index contributed by atoms with van der Waals surface area (Å²) < 4.78 is 0. The van der Waals surface area contributed by atoms with Gasteiger partial charge in [0, 0.05) is 6.54 Å². The van der Waals surface area contributed by atoms with Crippen molar-refractivity contribution in [3.8, 4) is 10.7 Å². The molecule has 0 aliphatic heterocycles. The van der Waals surface area contributed by atoms with Gasteiger partial charge in [-0.15, -0.1) is 16.4 Å². The Kier molecular flexibility index (Phi) is 5.09. The van der Waals surface area contributed by atoms with Crippen molar-refractivity contribution in [2.45, 2.75) is 23.9 Å². The van der Waals surface area contributed by atoms with Gasteiger partial charge in [0.05, 0.1) is 10.1 Å². The van der Waals surface area contributed by atoms with Gasteiger partial charge >= 0.3 is 0 Å². The molecule has 7 heteroatoms. The van der Waals surface area contributed by atoms with Crippen molar-refractivity contribution in [1.29, 1.82) is 0 Å². The standard InChI is InChI=1S/C16H16N4OS2/c1-11(15(21)17-10-12-6-3-2-4-7-12)23-16-18-14(19-20-16)13-8-5-9-22-13/h2-9,11H,10H2,1H3,(H,17,21)(H,18,19,20)/t11-/m1/s1. The lowest BCUT2D eigenvalue weighted by Crippen LogP contribution is -2.30. The predicted molar refractivity (Wildman–Crippen MR) is 93.3 cm³/mol. The maximum Gasteiger partial charge on any atom is 0.233 e. The molecule has 0 aliphatic carbocycles. The molecule has 0 fully saturated rings. The molecule has 0 radical (unpaired) electrons. The average Bonchev–Trinajstić information content (AvgIpc) is 3.24. The Labute approximate surface area is 142 Å². The summed E-state index contributed by atoms with van der Waals surface area (Å²) in [6.07, 6.45) is 0. The second kappa shape index (κ2) is 7.43. The van der Waals surface area contributed by atoms with Crippen molar-refractivity contribution in [3.05, 3.63) is 53.4 Å². The number of amides is 1. The fraction of sp³-hybridized carbons (Fsp3) is 0.188. The molecule has 2 N–H and O–H groups in total. The molecular formula is C16H16N4OS2. The summed E-state index contributed by atoms with van der Waals surface area (Å²) in [4.78, 5) is 17.6. The number of thiophene rings is 1. The summed E-state index contributed by atoms with van der Waals surface area (Å²) in [5, 5.41) is 12.3. The van der Waals surface area contributed by atoms with Crippen LogP contribution >= 0.6 is 23.1 Å². The summed E-state index contributed by atoms with van der Waals surface area (Å²) in [5.41, 5.74) is 1.08. The first-order valence-corrected chi connectivity index (χ1v) is 8.93. The van der Waals surface area contributed by atoms with E-state index < -0.39 is 0 Å². The lowest BCUT2D eigenvalue weighted by atomic mass is 10.2. The third-order valence-electron chi connectivity index (χ3n) is 3.18. The van der Waals surface area contributed by atoms with Crippen molar-refractivity contribution in [2.24, 2.45) is 0 Å². The molecule has 23 heavy (non-hydrogen) atoms. The van der Waals surface area contributed by atoms with E-state index in [0.717, 1.165) is 16.3 Å². The molecule has 1 amide bonds. The summed E-state index contributed by atoms with van der Waals surface area (Å²) in [6, 6.07) is 13.8. The number of carbonyl (C=O) groups excluding carboxylic acids is 1. The molecule has 2 aromatic heterocycles. The highest BCUT2D eigenvalue weighted by molar-refractivity contribution is 8.00.